The highest BCUT2D eigenvalue weighted by Crippen LogP contribution is 2.30. The minimum Gasteiger partial charge on any atom is -0.360 e. The molecule has 2 N–H and O–H groups in total. The van der Waals surface area contributed by atoms with Gasteiger partial charge in [-0.3, -0.25) is 0 Å². The molecule has 0 aliphatic carbocycles. The van der Waals surface area contributed by atoms with Gasteiger partial charge >= 0.3 is 0 Å². The topological polar surface area (TPSA) is 90.3 Å². The normalized spacial score (nSPS) is 11.0. The number of rotatable bonds is 4. The van der Waals surface area contributed by atoms with Crippen molar-refractivity contribution in [3.63, 3.8) is 0 Å². The number of aryl methyl sites for hydroxylation is 1. The molecular formula is C17H14N6. The van der Waals surface area contributed by atoms with Gasteiger partial charge in [0.25, 0.3) is 0 Å². The van der Waals surface area contributed by atoms with Crippen LogP contribution < -0.4 is 5.32 Å². The second-order valence-corrected chi connectivity index (χ2v) is 4.91. The van der Waals surface area contributed by atoms with Crippen LogP contribution in [0.3, 0.4) is 0 Å². The highest BCUT2D eigenvalue weighted by atomic mass is 15.5. The number of H-pyrrole nitrogens is 1. The maximum atomic E-state index is 9.23. The molecule has 0 atom stereocenters. The highest BCUT2D eigenvalue weighted by molar-refractivity contribution is 5.82. The van der Waals surface area contributed by atoms with Crippen LogP contribution in [0.15, 0.2) is 54.7 Å². The van der Waals surface area contributed by atoms with Gasteiger partial charge in [-0.1, -0.05) is 42.5 Å². The van der Waals surface area contributed by atoms with Crippen molar-refractivity contribution in [3.05, 3.63) is 66.1 Å². The van der Waals surface area contributed by atoms with E-state index in [-0.39, 0.29) is 5.82 Å². The Labute approximate surface area is 133 Å². The van der Waals surface area contributed by atoms with Gasteiger partial charge in [0.1, 0.15) is 11.6 Å². The zero-order chi connectivity index (χ0) is 16.1. The van der Waals surface area contributed by atoms with Gasteiger partial charge in [0, 0.05) is 17.5 Å². The number of aromatic amines is 1. The molecule has 6 nitrogen and oxygen atoms in total. The van der Waals surface area contributed by atoms with E-state index in [1.165, 1.54) is 5.56 Å². The molecule has 6 heteroatoms. The van der Waals surface area contributed by atoms with Crippen LogP contribution in [0.5, 0.6) is 0 Å². The minimum absolute atomic E-state index is 0.258. The lowest BCUT2D eigenvalue weighted by atomic mass is 9.99. The number of hydrogen-bond donors (Lipinski definition) is 2. The first-order valence-electron chi connectivity index (χ1n) is 7.05. The first-order valence-corrected chi connectivity index (χ1v) is 7.05. The fourth-order valence-corrected chi connectivity index (χ4v) is 2.29. The summed E-state index contributed by atoms with van der Waals surface area (Å²) < 4.78 is 0. The molecule has 1 aromatic heterocycles. The zero-order valence-electron chi connectivity index (χ0n) is 12.5. The fraction of sp³-hybridized carbons (Fsp3) is 0.0588. The number of nitrogens with zero attached hydrogens (tertiary/aromatic N) is 4. The van der Waals surface area contributed by atoms with Crippen LogP contribution in [-0.2, 0) is 0 Å². The van der Waals surface area contributed by atoms with Crippen molar-refractivity contribution < 1.29 is 0 Å². The van der Waals surface area contributed by atoms with Gasteiger partial charge in [-0.2, -0.15) is 10.5 Å². The van der Waals surface area contributed by atoms with Crippen LogP contribution in [0.4, 0.5) is 5.69 Å². The van der Waals surface area contributed by atoms with E-state index in [1.807, 2.05) is 36.4 Å². The molecule has 0 fully saturated rings. The van der Waals surface area contributed by atoms with Crippen molar-refractivity contribution in [2.45, 2.75) is 6.92 Å². The van der Waals surface area contributed by atoms with Crippen LogP contribution in [0, 0.1) is 18.3 Å². The molecular weight excluding hydrogens is 288 g/mol. The zero-order valence-corrected chi connectivity index (χ0v) is 12.5. The molecule has 1 heterocycles. The van der Waals surface area contributed by atoms with Crippen molar-refractivity contribution in [2.75, 3.05) is 5.32 Å². The van der Waals surface area contributed by atoms with Crippen molar-refractivity contribution in [1.29, 1.82) is 5.26 Å². The summed E-state index contributed by atoms with van der Waals surface area (Å²) in [4.78, 5) is 0. The fourth-order valence-electron chi connectivity index (χ4n) is 2.29. The van der Waals surface area contributed by atoms with Gasteiger partial charge in [-0.15, -0.1) is 10.2 Å². The van der Waals surface area contributed by atoms with E-state index in [0.29, 0.717) is 5.57 Å². The second-order valence-electron chi connectivity index (χ2n) is 4.91. The number of benzene rings is 2. The van der Waals surface area contributed by atoms with E-state index in [9.17, 15) is 5.26 Å². The molecule has 0 aliphatic rings. The van der Waals surface area contributed by atoms with Gasteiger partial charge in [-0.25, -0.2) is 0 Å². The Kier molecular flexibility index (Phi) is 4.11. The number of hydrogen-bond acceptors (Lipinski definition) is 5. The van der Waals surface area contributed by atoms with Crippen molar-refractivity contribution >= 4 is 11.3 Å². The van der Waals surface area contributed by atoms with Crippen LogP contribution in [0.25, 0.3) is 16.7 Å². The number of tetrazole rings is 1. The molecule has 3 rings (SSSR count). The van der Waals surface area contributed by atoms with E-state index in [0.717, 1.165) is 16.8 Å². The van der Waals surface area contributed by atoms with Gasteiger partial charge in [0.15, 0.2) is 0 Å². The van der Waals surface area contributed by atoms with Crippen molar-refractivity contribution in [1.82, 2.24) is 20.6 Å². The third kappa shape index (κ3) is 3.09. The van der Waals surface area contributed by atoms with Gasteiger partial charge in [-0.05, 0) is 29.3 Å². The Balaban J connectivity index is 1.96. The lowest BCUT2D eigenvalue weighted by Gasteiger charge is -2.11. The van der Waals surface area contributed by atoms with Crippen molar-refractivity contribution in [2.24, 2.45) is 0 Å². The monoisotopic (exact) mass is 302 g/mol. The summed E-state index contributed by atoms with van der Waals surface area (Å²) in [6.45, 7) is 2.07. The maximum Gasteiger partial charge on any atom is 0.216 e. The molecule has 0 amide bonds. The smallest absolute Gasteiger partial charge is 0.216 e. The Bertz CT molecular complexity index is 874. The first-order chi connectivity index (χ1) is 11.3. The molecule has 0 saturated heterocycles. The Morgan fingerprint density at radius 1 is 1.13 bits per heavy atom. The average molecular weight is 302 g/mol. The van der Waals surface area contributed by atoms with Crippen molar-refractivity contribution in [3.8, 4) is 17.2 Å². The largest absolute Gasteiger partial charge is 0.360 e. The summed E-state index contributed by atoms with van der Waals surface area (Å²) in [5.41, 5.74) is 4.59. The van der Waals surface area contributed by atoms with E-state index in [4.69, 9.17) is 0 Å². The summed E-state index contributed by atoms with van der Waals surface area (Å²) in [6, 6.07) is 18.2. The van der Waals surface area contributed by atoms with Crippen LogP contribution >= 0.6 is 0 Å². The van der Waals surface area contributed by atoms with E-state index >= 15 is 0 Å². The van der Waals surface area contributed by atoms with Crippen LogP contribution in [0.1, 0.15) is 11.4 Å². The number of para-hydroxylation sites is 1. The number of allylic oxidation sites excluding steroid dienone is 1. The van der Waals surface area contributed by atoms with Crippen LogP contribution in [0.2, 0.25) is 0 Å². The number of nitrogens with one attached hydrogen (secondary N) is 2. The SMILES string of the molecule is Cc1ccccc1-c1ccccc1NC=C(C#N)c1nn[nH]n1. The molecule has 0 saturated carbocycles. The summed E-state index contributed by atoms with van der Waals surface area (Å²) in [7, 11) is 0. The van der Waals surface area contributed by atoms with Gasteiger partial charge < -0.3 is 5.32 Å². The first kappa shape index (κ1) is 14.5. The standard InChI is InChI=1S/C17H14N6/c1-12-6-2-3-7-14(12)15-8-4-5-9-16(15)19-11-13(10-18)17-20-22-23-21-17/h2-9,11,19H,1H3,(H,20,21,22,23). The number of aromatic nitrogens is 4. The highest BCUT2D eigenvalue weighted by Gasteiger charge is 2.08. The lowest BCUT2D eigenvalue weighted by Crippen LogP contribution is -1.95. The molecule has 0 spiro atoms. The summed E-state index contributed by atoms with van der Waals surface area (Å²) >= 11 is 0. The summed E-state index contributed by atoms with van der Waals surface area (Å²) in [6.07, 6.45) is 1.59. The molecule has 112 valence electrons. The average Bonchev–Trinajstić information content (AvgIpc) is 3.11. The summed E-state index contributed by atoms with van der Waals surface area (Å²) in [5.74, 6) is 0.258. The van der Waals surface area contributed by atoms with E-state index in [2.05, 4.69) is 51.1 Å². The third-order valence-corrected chi connectivity index (χ3v) is 3.44. The number of anilines is 1. The molecule has 0 radical (unpaired) electrons. The molecule has 2 aromatic carbocycles. The predicted molar refractivity (Wildman–Crippen MR) is 88.0 cm³/mol. The van der Waals surface area contributed by atoms with Gasteiger partial charge in [0.05, 0.1) is 0 Å². The molecule has 0 aliphatic heterocycles. The molecule has 3 aromatic rings. The molecule has 0 bridgehead atoms. The van der Waals surface area contributed by atoms with E-state index < -0.39 is 0 Å². The predicted octanol–water partition coefficient (Wildman–Crippen LogP) is 3.15. The van der Waals surface area contributed by atoms with Gasteiger partial charge in [0.2, 0.25) is 5.82 Å². The lowest BCUT2D eigenvalue weighted by molar-refractivity contribution is 0.881. The Morgan fingerprint density at radius 2 is 1.87 bits per heavy atom. The molecule has 23 heavy (non-hydrogen) atoms. The van der Waals surface area contributed by atoms with Crippen LogP contribution in [-0.4, -0.2) is 20.6 Å². The Morgan fingerprint density at radius 3 is 2.57 bits per heavy atom. The molecule has 0 unspecified atom stereocenters. The quantitative estimate of drug-likeness (QED) is 0.722. The van der Waals surface area contributed by atoms with E-state index in [1.54, 1.807) is 6.20 Å². The maximum absolute atomic E-state index is 9.23. The minimum atomic E-state index is 0.258. The Hall–Kier alpha value is -3.46. The third-order valence-electron chi connectivity index (χ3n) is 3.44. The summed E-state index contributed by atoms with van der Waals surface area (Å²) in [5, 5.41) is 25.8. The second kappa shape index (κ2) is 6.54. The number of nitriles is 1.